The van der Waals surface area contributed by atoms with Crippen molar-refractivity contribution in [2.75, 3.05) is 26.4 Å². The van der Waals surface area contributed by atoms with E-state index in [2.05, 4.69) is 18.9 Å². The van der Waals surface area contributed by atoms with Crippen molar-refractivity contribution in [1.82, 2.24) is 0 Å². The fourth-order valence-electron chi connectivity index (χ4n) is 1.86. The number of rotatable bonds is 15. The summed E-state index contributed by atoms with van der Waals surface area (Å²) in [5.74, 6) is -9.87. The molecule has 0 aliphatic rings. The molecule has 0 fully saturated rings. The zero-order chi connectivity index (χ0) is 20.5. The lowest BCUT2D eigenvalue weighted by Gasteiger charge is -2.44. The summed E-state index contributed by atoms with van der Waals surface area (Å²) in [5, 5.41) is 0. The Morgan fingerprint density at radius 1 is 0.462 bits per heavy atom. The van der Waals surface area contributed by atoms with Crippen LogP contribution in [0.5, 0.6) is 0 Å². The van der Waals surface area contributed by atoms with Crippen LogP contribution in [0.4, 0.5) is 26.3 Å². The minimum Gasteiger partial charge on any atom is -0.334 e. The van der Waals surface area contributed by atoms with Crippen molar-refractivity contribution in [3.05, 3.63) is 0 Å². The summed E-state index contributed by atoms with van der Waals surface area (Å²) < 4.78 is 104. The SMILES string of the molecule is CCCOC(F)(F)[C@](F)(OCCC)[C@](F)(OCCC)C(F)(F)OCCC. The Morgan fingerprint density at radius 2 is 0.692 bits per heavy atom. The van der Waals surface area contributed by atoms with Crippen LogP contribution in [0.15, 0.2) is 0 Å². The lowest BCUT2D eigenvalue weighted by atomic mass is 10.1. The predicted octanol–water partition coefficient (Wildman–Crippen LogP) is 5.21. The highest BCUT2D eigenvalue weighted by molar-refractivity contribution is 4.99. The highest BCUT2D eigenvalue weighted by Gasteiger charge is 2.82. The quantitative estimate of drug-likeness (QED) is 0.355. The monoisotopic (exact) mass is 398 g/mol. The van der Waals surface area contributed by atoms with E-state index < -0.39 is 50.4 Å². The first-order valence-electron chi connectivity index (χ1n) is 8.68. The molecule has 0 N–H and O–H groups in total. The molecule has 0 aromatic rings. The molecule has 0 amide bonds. The summed E-state index contributed by atoms with van der Waals surface area (Å²) in [7, 11) is 0. The molecule has 2 atom stereocenters. The normalized spacial score (nSPS) is 17.8. The first-order chi connectivity index (χ1) is 12.0. The van der Waals surface area contributed by atoms with Gasteiger partial charge in [0.15, 0.2) is 0 Å². The van der Waals surface area contributed by atoms with E-state index in [1.165, 1.54) is 27.7 Å². The fourth-order valence-corrected chi connectivity index (χ4v) is 1.86. The number of alkyl halides is 6. The van der Waals surface area contributed by atoms with Crippen molar-refractivity contribution >= 4 is 0 Å². The molecule has 0 aliphatic carbocycles. The third kappa shape index (κ3) is 5.46. The summed E-state index contributed by atoms with van der Waals surface area (Å²) in [6.07, 6.45) is -10.2. The maximum absolute atomic E-state index is 15.2. The number of hydrogen-bond donors (Lipinski definition) is 0. The maximum atomic E-state index is 15.2. The molecule has 0 spiro atoms. The first-order valence-corrected chi connectivity index (χ1v) is 8.68. The largest absolute Gasteiger partial charge is 0.421 e. The number of ether oxygens (including phenoxy) is 4. The molecule has 0 saturated heterocycles. The van der Waals surface area contributed by atoms with E-state index in [0.29, 0.717) is 0 Å². The van der Waals surface area contributed by atoms with Gasteiger partial charge < -0.3 is 18.9 Å². The average Bonchev–Trinajstić information content (AvgIpc) is 2.60. The second kappa shape index (κ2) is 10.7. The van der Waals surface area contributed by atoms with E-state index in [-0.39, 0.29) is 25.7 Å². The Bertz CT molecular complexity index is 363. The average molecular weight is 398 g/mol. The van der Waals surface area contributed by atoms with Crippen molar-refractivity contribution in [1.29, 1.82) is 0 Å². The minimum absolute atomic E-state index is 0.0112. The van der Waals surface area contributed by atoms with E-state index >= 15 is 8.78 Å². The van der Waals surface area contributed by atoms with Gasteiger partial charge in [0.2, 0.25) is 0 Å². The second-order valence-corrected chi connectivity index (χ2v) is 5.62. The maximum Gasteiger partial charge on any atom is 0.421 e. The molecule has 26 heavy (non-hydrogen) atoms. The molecule has 0 rings (SSSR count). The molecule has 0 aliphatic heterocycles. The van der Waals surface area contributed by atoms with Crippen LogP contribution < -0.4 is 0 Å². The number of hydrogen-bond acceptors (Lipinski definition) is 4. The Morgan fingerprint density at radius 3 is 0.923 bits per heavy atom. The van der Waals surface area contributed by atoms with Crippen molar-refractivity contribution in [2.45, 2.75) is 77.3 Å². The molecule has 0 bridgehead atoms. The zero-order valence-corrected chi connectivity index (χ0v) is 15.6. The van der Waals surface area contributed by atoms with Gasteiger partial charge in [-0.05, 0) is 25.7 Å². The zero-order valence-electron chi connectivity index (χ0n) is 15.6. The molecule has 0 aromatic heterocycles. The Labute approximate surface area is 150 Å². The van der Waals surface area contributed by atoms with Crippen LogP contribution in [-0.2, 0) is 18.9 Å². The van der Waals surface area contributed by atoms with Crippen LogP contribution in [0.1, 0.15) is 53.4 Å². The molecule has 0 saturated carbocycles. The molecule has 0 radical (unpaired) electrons. The Balaban J connectivity index is 6.15. The van der Waals surface area contributed by atoms with Crippen molar-refractivity contribution < 1.29 is 45.3 Å². The summed E-state index contributed by atoms with van der Waals surface area (Å²) >= 11 is 0. The van der Waals surface area contributed by atoms with Crippen molar-refractivity contribution in [3.8, 4) is 0 Å². The first kappa shape index (κ1) is 25.4. The molecular weight excluding hydrogens is 370 g/mol. The van der Waals surface area contributed by atoms with Gasteiger partial charge in [-0.25, -0.2) is 0 Å². The van der Waals surface area contributed by atoms with E-state index in [9.17, 15) is 17.6 Å². The Hall–Kier alpha value is -0.580. The highest BCUT2D eigenvalue weighted by atomic mass is 19.3. The van der Waals surface area contributed by atoms with E-state index in [1.54, 1.807) is 0 Å². The van der Waals surface area contributed by atoms with Gasteiger partial charge in [0.05, 0.1) is 26.4 Å². The van der Waals surface area contributed by atoms with Crippen LogP contribution in [0, 0.1) is 0 Å². The van der Waals surface area contributed by atoms with Crippen molar-refractivity contribution in [3.63, 3.8) is 0 Å². The van der Waals surface area contributed by atoms with Crippen LogP contribution in [-0.4, -0.2) is 50.4 Å². The van der Waals surface area contributed by atoms with E-state index in [4.69, 9.17) is 0 Å². The van der Waals surface area contributed by atoms with Gasteiger partial charge in [-0.2, -0.15) is 26.3 Å². The molecular formula is C16H28F6O4. The molecule has 0 aromatic carbocycles. The summed E-state index contributed by atoms with van der Waals surface area (Å²) in [5.41, 5.74) is 0. The van der Waals surface area contributed by atoms with Gasteiger partial charge in [0, 0.05) is 0 Å². The molecule has 0 heterocycles. The third-order valence-corrected chi connectivity index (χ3v) is 3.15. The third-order valence-electron chi connectivity index (χ3n) is 3.15. The van der Waals surface area contributed by atoms with Gasteiger partial charge in [-0.3, -0.25) is 0 Å². The fraction of sp³-hybridized carbons (Fsp3) is 1.00. The summed E-state index contributed by atoms with van der Waals surface area (Å²) in [4.78, 5) is 0. The molecule has 158 valence electrons. The summed E-state index contributed by atoms with van der Waals surface area (Å²) in [6.45, 7) is 2.71. The smallest absolute Gasteiger partial charge is 0.334 e. The van der Waals surface area contributed by atoms with Crippen LogP contribution in [0.3, 0.4) is 0 Å². The van der Waals surface area contributed by atoms with Gasteiger partial charge >= 0.3 is 23.9 Å². The van der Waals surface area contributed by atoms with Gasteiger partial charge in [-0.1, -0.05) is 27.7 Å². The highest BCUT2D eigenvalue weighted by Crippen LogP contribution is 2.53. The molecule has 4 nitrogen and oxygen atoms in total. The topological polar surface area (TPSA) is 36.9 Å². The van der Waals surface area contributed by atoms with Crippen LogP contribution >= 0.6 is 0 Å². The second-order valence-electron chi connectivity index (χ2n) is 5.62. The Kier molecular flexibility index (Phi) is 10.4. The van der Waals surface area contributed by atoms with Gasteiger partial charge in [0.1, 0.15) is 0 Å². The van der Waals surface area contributed by atoms with Crippen molar-refractivity contribution in [2.24, 2.45) is 0 Å². The summed E-state index contributed by atoms with van der Waals surface area (Å²) in [6, 6.07) is 0. The van der Waals surface area contributed by atoms with Crippen LogP contribution in [0.25, 0.3) is 0 Å². The standard InChI is InChI=1S/C16H28F6O4/c1-5-9-23-13(17,15(19,20)25-11-7-3)14(18,24-10-6-2)16(21,22)26-12-8-4/h5-12H2,1-4H3/t13-,14+. The van der Waals surface area contributed by atoms with E-state index in [1.807, 2.05) is 0 Å². The van der Waals surface area contributed by atoms with E-state index in [0.717, 1.165) is 0 Å². The lowest BCUT2D eigenvalue weighted by Crippen LogP contribution is -2.70. The van der Waals surface area contributed by atoms with Crippen LogP contribution in [0.2, 0.25) is 0 Å². The predicted molar refractivity (Wildman–Crippen MR) is 82.5 cm³/mol. The molecule has 10 heteroatoms. The molecule has 0 unspecified atom stereocenters. The number of halogens is 6. The minimum atomic E-state index is -5.06. The van der Waals surface area contributed by atoms with Gasteiger partial charge in [0.25, 0.3) is 0 Å². The lowest BCUT2D eigenvalue weighted by molar-refractivity contribution is -0.511. The van der Waals surface area contributed by atoms with Gasteiger partial charge in [-0.15, -0.1) is 0 Å².